The summed E-state index contributed by atoms with van der Waals surface area (Å²) in [4.78, 5) is 15.6. The van der Waals surface area contributed by atoms with Crippen LogP contribution in [-0.4, -0.2) is 43.0 Å². The Morgan fingerprint density at radius 1 is 1.14 bits per heavy atom. The number of fused-ring (bicyclic) bond motifs is 2. The number of benzene rings is 2. The van der Waals surface area contributed by atoms with Crippen LogP contribution in [0.2, 0.25) is 0 Å². The molecule has 0 saturated carbocycles. The van der Waals surface area contributed by atoms with Gasteiger partial charge in [-0.15, -0.1) is 0 Å². The monoisotopic (exact) mass is 503 g/mol. The minimum absolute atomic E-state index is 0.0351. The summed E-state index contributed by atoms with van der Waals surface area (Å²) in [5.74, 6) is 1.05. The zero-order valence-electron chi connectivity index (χ0n) is 21.6. The molecule has 5 rings (SSSR count). The number of ether oxygens (including phenoxy) is 4. The van der Waals surface area contributed by atoms with E-state index in [9.17, 15) is 4.79 Å². The Hall–Kier alpha value is -3.58. The van der Waals surface area contributed by atoms with Gasteiger partial charge < -0.3 is 24.1 Å². The zero-order chi connectivity index (χ0) is 25.9. The molecular formula is C30H33NO6. The van der Waals surface area contributed by atoms with E-state index in [4.69, 9.17) is 24.1 Å². The number of aryl methyl sites for hydroxylation is 2. The molecule has 1 aromatic heterocycles. The van der Waals surface area contributed by atoms with Crippen molar-refractivity contribution in [2.75, 3.05) is 26.9 Å². The van der Waals surface area contributed by atoms with Crippen molar-refractivity contribution in [1.82, 2.24) is 4.98 Å². The molecule has 7 nitrogen and oxygen atoms in total. The number of aliphatic carboxylic acids is 1. The van der Waals surface area contributed by atoms with E-state index in [2.05, 4.69) is 49.2 Å². The minimum atomic E-state index is -0.838. The van der Waals surface area contributed by atoms with Gasteiger partial charge in [-0.2, -0.15) is 0 Å². The Morgan fingerprint density at radius 3 is 2.70 bits per heavy atom. The van der Waals surface area contributed by atoms with Crippen molar-refractivity contribution in [3.05, 3.63) is 70.4 Å². The van der Waals surface area contributed by atoms with Crippen LogP contribution in [0.25, 0.3) is 11.1 Å². The van der Waals surface area contributed by atoms with Crippen LogP contribution in [0, 0.1) is 13.8 Å². The SMILES string of the molecule is COCCCOc1cc(C)c(-c2cccc3c2CCC3Oc2cc3c(cn2)C(CC(=O)O)CO3)c(C)c1. The van der Waals surface area contributed by atoms with Crippen molar-refractivity contribution in [3.63, 3.8) is 0 Å². The number of hydrogen-bond acceptors (Lipinski definition) is 6. The van der Waals surface area contributed by atoms with Gasteiger partial charge in [0.1, 0.15) is 17.6 Å². The van der Waals surface area contributed by atoms with Crippen molar-refractivity contribution < 1.29 is 28.8 Å². The maximum absolute atomic E-state index is 11.1. The molecule has 2 aromatic carbocycles. The van der Waals surface area contributed by atoms with E-state index in [1.165, 1.54) is 33.4 Å². The molecule has 0 amide bonds. The lowest BCUT2D eigenvalue weighted by Crippen LogP contribution is -2.07. The third-order valence-electron chi connectivity index (χ3n) is 7.19. The second kappa shape index (κ2) is 10.8. The Balaban J connectivity index is 1.35. The van der Waals surface area contributed by atoms with Gasteiger partial charge in [0.15, 0.2) is 0 Å². The summed E-state index contributed by atoms with van der Waals surface area (Å²) in [5, 5.41) is 9.13. The number of aromatic nitrogens is 1. The number of hydrogen-bond donors (Lipinski definition) is 1. The fourth-order valence-corrected chi connectivity index (χ4v) is 5.53. The van der Waals surface area contributed by atoms with Gasteiger partial charge >= 0.3 is 5.97 Å². The summed E-state index contributed by atoms with van der Waals surface area (Å²) < 4.78 is 23.1. The number of carboxylic acids is 1. The van der Waals surface area contributed by atoms with Gasteiger partial charge in [0.2, 0.25) is 5.88 Å². The summed E-state index contributed by atoms with van der Waals surface area (Å²) in [5.41, 5.74) is 8.19. The van der Waals surface area contributed by atoms with E-state index in [0.29, 0.717) is 31.5 Å². The second-order valence-electron chi connectivity index (χ2n) is 9.81. The molecule has 2 atom stereocenters. The van der Waals surface area contributed by atoms with E-state index in [1.807, 2.05) is 0 Å². The van der Waals surface area contributed by atoms with Crippen LogP contribution in [0.3, 0.4) is 0 Å². The molecule has 0 bridgehead atoms. The Morgan fingerprint density at radius 2 is 1.95 bits per heavy atom. The first kappa shape index (κ1) is 25.1. The lowest BCUT2D eigenvalue weighted by Gasteiger charge is -2.18. The minimum Gasteiger partial charge on any atom is -0.493 e. The van der Waals surface area contributed by atoms with Crippen molar-refractivity contribution in [1.29, 1.82) is 0 Å². The molecule has 2 heterocycles. The number of nitrogens with zero attached hydrogens (tertiary/aromatic N) is 1. The van der Waals surface area contributed by atoms with E-state index in [1.54, 1.807) is 19.4 Å². The lowest BCUT2D eigenvalue weighted by atomic mass is 9.90. The molecular weight excluding hydrogens is 470 g/mol. The smallest absolute Gasteiger partial charge is 0.304 e. The largest absolute Gasteiger partial charge is 0.493 e. The van der Waals surface area contributed by atoms with Crippen LogP contribution >= 0.6 is 0 Å². The van der Waals surface area contributed by atoms with Crippen molar-refractivity contribution >= 4 is 5.97 Å². The van der Waals surface area contributed by atoms with E-state index >= 15 is 0 Å². The van der Waals surface area contributed by atoms with Gasteiger partial charge in [-0.1, -0.05) is 18.2 Å². The molecule has 1 N–H and O–H groups in total. The van der Waals surface area contributed by atoms with Crippen molar-refractivity contribution in [2.45, 2.75) is 51.6 Å². The van der Waals surface area contributed by atoms with Gasteiger partial charge in [0, 0.05) is 43.9 Å². The number of pyridine rings is 1. The number of carboxylic acid groups (broad SMARTS) is 1. The molecule has 3 aromatic rings. The predicted octanol–water partition coefficient (Wildman–Crippen LogP) is 5.80. The van der Waals surface area contributed by atoms with Gasteiger partial charge in [0.25, 0.3) is 0 Å². The number of carbonyl (C=O) groups is 1. The summed E-state index contributed by atoms with van der Waals surface area (Å²) in [6, 6.07) is 12.5. The Bertz CT molecular complexity index is 1280. The van der Waals surface area contributed by atoms with Crippen LogP contribution in [0.15, 0.2) is 42.6 Å². The average molecular weight is 504 g/mol. The molecule has 0 fully saturated rings. The maximum Gasteiger partial charge on any atom is 0.304 e. The normalized spacial score (nSPS) is 17.7. The van der Waals surface area contributed by atoms with Gasteiger partial charge in [-0.25, -0.2) is 4.98 Å². The van der Waals surface area contributed by atoms with E-state index < -0.39 is 5.97 Å². The summed E-state index contributed by atoms with van der Waals surface area (Å²) in [6.45, 7) is 5.96. The van der Waals surface area contributed by atoms with Crippen LogP contribution < -0.4 is 14.2 Å². The molecule has 0 radical (unpaired) electrons. The van der Waals surface area contributed by atoms with Gasteiger partial charge in [-0.3, -0.25) is 4.79 Å². The first-order valence-corrected chi connectivity index (χ1v) is 12.8. The summed E-state index contributed by atoms with van der Waals surface area (Å²) in [6.07, 6.45) is 4.29. The van der Waals surface area contributed by atoms with Crippen molar-refractivity contribution in [3.8, 4) is 28.5 Å². The summed E-state index contributed by atoms with van der Waals surface area (Å²) in [7, 11) is 1.70. The zero-order valence-corrected chi connectivity index (χ0v) is 21.6. The molecule has 0 spiro atoms. The molecule has 7 heteroatoms. The van der Waals surface area contributed by atoms with Gasteiger partial charge in [-0.05, 0) is 72.2 Å². The molecule has 2 unspecified atom stereocenters. The molecule has 1 aliphatic carbocycles. The highest BCUT2D eigenvalue weighted by Gasteiger charge is 2.30. The molecule has 194 valence electrons. The quantitative estimate of drug-likeness (QED) is 0.350. The van der Waals surface area contributed by atoms with Crippen LogP contribution in [0.5, 0.6) is 17.4 Å². The van der Waals surface area contributed by atoms with E-state index in [0.717, 1.165) is 30.6 Å². The van der Waals surface area contributed by atoms with Crippen molar-refractivity contribution in [2.24, 2.45) is 0 Å². The third kappa shape index (κ3) is 5.27. The number of rotatable bonds is 10. The summed E-state index contributed by atoms with van der Waals surface area (Å²) >= 11 is 0. The second-order valence-corrected chi connectivity index (χ2v) is 9.81. The first-order valence-electron chi connectivity index (χ1n) is 12.8. The molecule has 1 aliphatic heterocycles. The highest BCUT2D eigenvalue weighted by atomic mass is 16.5. The first-order chi connectivity index (χ1) is 17.9. The Labute approximate surface area is 217 Å². The topological polar surface area (TPSA) is 87.1 Å². The number of methoxy groups -OCH3 is 1. The van der Waals surface area contributed by atoms with Crippen LogP contribution in [0.4, 0.5) is 0 Å². The maximum atomic E-state index is 11.1. The highest BCUT2D eigenvalue weighted by molar-refractivity contribution is 5.76. The Kier molecular flexibility index (Phi) is 7.33. The van der Waals surface area contributed by atoms with Gasteiger partial charge in [0.05, 0.1) is 19.6 Å². The fraction of sp³-hybridized carbons (Fsp3) is 0.400. The van der Waals surface area contributed by atoms with Crippen LogP contribution in [-0.2, 0) is 16.0 Å². The van der Waals surface area contributed by atoms with E-state index in [-0.39, 0.29) is 18.4 Å². The predicted molar refractivity (Wildman–Crippen MR) is 140 cm³/mol. The third-order valence-corrected chi connectivity index (χ3v) is 7.19. The van der Waals surface area contributed by atoms with Crippen LogP contribution in [0.1, 0.15) is 59.1 Å². The lowest BCUT2D eigenvalue weighted by molar-refractivity contribution is -0.137. The molecule has 2 aliphatic rings. The fourth-order valence-electron chi connectivity index (χ4n) is 5.53. The average Bonchev–Trinajstić information content (AvgIpc) is 3.45. The highest BCUT2D eigenvalue weighted by Crippen LogP contribution is 2.43. The molecule has 0 saturated heterocycles. The molecule has 37 heavy (non-hydrogen) atoms. The standard InChI is InChI=1S/C30H33NO6/c1-18-12-21(35-11-5-10-34-3)13-19(2)30(18)24-7-4-6-23-22(24)8-9-26(23)37-28-15-27-25(16-31-28)20(17-36-27)14-29(32)33/h4,6-7,12-13,15-16,20,26H,5,8-11,14,17H2,1-3H3,(H,32,33).